The molecular formula is C33H32O18. The van der Waals surface area contributed by atoms with E-state index in [1.807, 2.05) is 0 Å². The molecule has 0 bridgehead atoms. The maximum atomic E-state index is 12.2. The summed E-state index contributed by atoms with van der Waals surface area (Å²) in [7, 11) is 4.20. The molecule has 0 radical (unpaired) electrons. The van der Waals surface area contributed by atoms with Gasteiger partial charge in [0.1, 0.15) is 17.2 Å². The van der Waals surface area contributed by atoms with Gasteiger partial charge in [0.25, 0.3) is 0 Å². The van der Waals surface area contributed by atoms with Crippen LogP contribution in [0.15, 0.2) is 72.8 Å². The fourth-order valence-corrected chi connectivity index (χ4v) is 3.80. The summed E-state index contributed by atoms with van der Waals surface area (Å²) in [4.78, 5) is 99.1. The molecule has 0 fully saturated rings. The van der Waals surface area contributed by atoms with Crippen molar-refractivity contribution in [2.45, 2.75) is 12.8 Å². The molecule has 0 atom stereocenters. The monoisotopic (exact) mass is 716 g/mol. The smallest absolute Gasteiger partial charge is 0.497 e. The normalized spacial score (nSPS) is 10.1. The molecule has 0 aliphatic carbocycles. The van der Waals surface area contributed by atoms with Crippen molar-refractivity contribution in [1.82, 2.24) is 0 Å². The van der Waals surface area contributed by atoms with Gasteiger partial charge in [0, 0.05) is 0 Å². The van der Waals surface area contributed by atoms with Gasteiger partial charge in [-0.05, 0) is 73.4 Å². The Morgan fingerprint density at radius 1 is 0.471 bits per heavy atom. The summed E-state index contributed by atoms with van der Waals surface area (Å²) < 4.78 is 29.8. The van der Waals surface area contributed by atoms with Crippen molar-refractivity contribution >= 4 is 36.4 Å². The quantitative estimate of drug-likeness (QED) is 0.0909. The molecule has 3 rings (SSSR count). The van der Waals surface area contributed by atoms with Crippen molar-refractivity contribution in [3.8, 4) is 17.2 Å². The predicted octanol–water partition coefficient (Wildman–Crippen LogP) is 5.18. The van der Waals surface area contributed by atoms with Gasteiger partial charge in [-0.15, -0.1) is 0 Å². The van der Waals surface area contributed by atoms with Gasteiger partial charge in [-0.2, -0.15) is 14.4 Å². The molecular weight excluding hydrogens is 684 g/mol. The fourth-order valence-electron chi connectivity index (χ4n) is 3.80. The number of benzene rings is 3. The standard InChI is InChI=1S/C33H32O18/c1-40-25-10-4-7-22(17-25)28(34)46-49-31(37)43-15-13-21(20-45-33(39)51-48-30(36)24-9-6-12-27(19-24)42-3)14-16-44-32(38)50-47-29(35)23-8-5-11-26(18-23)41-2/h4-12,17-19,21H,13-16,20H2,1-3H3. The van der Waals surface area contributed by atoms with Gasteiger partial charge in [0.2, 0.25) is 0 Å². The minimum Gasteiger partial charge on any atom is -0.497 e. The van der Waals surface area contributed by atoms with Gasteiger partial charge in [-0.1, -0.05) is 18.2 Å². The van der Waals surface area contributed by atoms with E-state index in [9.17, 15) is 28.8 Å². The molecule has 0 N–H and O–H groups in total. The molecule has 272 valence electrons. The van der Waals surface area contributed by atoms with E-state index >= 15 is 0 Å². The zero-order chi connectivity index (χ0) is 37.0. The molecule has 0 aliphatic heterocycles. The Morgan fingerprint density at radius 3 is 1.14 bits per heavy atom. The number of hydrogen-bond donors (Lipinski definition) is 0. The molecule has 51 heavy (non-hydrogen) atoms. The second-order valence-electron chi connectivity index (χ2n) is 9.76. The Bertz CT molecular complexity index is 1570. The van der Waals surface area contributed by atoms with Gasteiger partial charge in [0.15, 0.2) is 0 Å². The number of rotatable bonds is 14. The third-order valence-electron chi connectivity index (χ3n) is 6.40. The first-order chi connectivity index (χ1) is 24.6. The average molecular weight is 717 g/mol. The lowest BCUT2D eigenvalue weighted by molar-refractivity contribution is -0.206. The SMILES string of the molecule is COc1cccc(C(=O)OOC(=O)OCCC(CCOC(=O)OOC(=O)c2cccc(OC)c2)COC(=O)OOC(=O)c2cccc(OC)c2)c1. The second kappa shape index (κ2) is 20.6. The summed E-state index contributed by atoms with van der Waals surface area (Å²) in [6, 6.07) is 17.6. The van der Waals surface area contributed by atoms with Crippen LogP contribution in [0, 0.1) is 5.92 Å². The summed E-state index contributed by atoms with van der Waals surface area (Å²) in [5.74, 6) is -2.61. The summed E-state index contributed by atoms with van der Waals surface area (Å²) in [5, 5.41) is 0. The zero-order valence-electron chi connectivity index (χ0n) is 27.4. The Hall–Kier alpha value is -6.72. The summed E-state index contributed by atoms with van der Waals surface area (Å²) in [6.07, 6.45) is -4.19. The van der Waals surface area contributed by atoms with Gasteiger partial charge in [0.05, 0.1) is 57.8 Å². The van der Waals surface area contributed by atoms with Crippen LogP contribution in [0.3, 0.4) is 0 Å². The summed E-state index contributed by atoms with van der Waals surface area (Å²) in [5.41, 5.74) is 0.0967. The van der Waals surface area contributed by atoms with E-state index in [0.717, 1.165) is 0 Å². The van der Waals surface area contributed by atoms with Crippen LogP contribution in [-0.4, -0.2) is 77.5 Å². The first-order valence-corrected chi connectivity index (χ1v) is 14.7. The van der Waals surface area contributed by atoms with Gasteiger partial charge in [-0.3, -0.25) is 0 Å². The predicted molar refractivity (Wildman–Crippen MR) is 165 cm³/mol. The number of carbonyl (C=O) groups is 6. The van der Waals surface area contributed by atoms with Crippen LogP contribution in [0.4, 0.5) is 14.4 Å². The van der Waals surface area contributed by atoms with Crippen LogP contribution in [0.1, 0.15) is 43.9 Å². The highest BCUT2D eigenvalue weighted by Crippen LogP contribution is 2.17. The van der Waals surface area contributed by atoms with Crippen molar-refractivity contribution in [2.24, 2.45) is 5.92 Å². The first-order valence-electron chi connectivity index (χ1n) is 14.7. The van der Waals surface area contributed by atoms with Crippen LogP contribution in [0.5, 0.6) is 17.2 Å². The number of carbonyl (C=O) groups excluding carboxylic acids is 6. The molecule has 0 aromatic heterocycles. The third-order valence-corrected chi connectivity index (χ3v) is 6.40. The Balaban J connectivity index is 1.47. The minimum absolute atomic E-state index is 0.0245. The van der Waals surface area contributed by atoms with E-state index in [-0.39, 0.29) is 42.7 Å². The Morgan fingerprint density at radius 2 is 0.804 bits per heavy atom. The van der Waals surface area contributed by atoms with Crippen molar-refractivity contribution in [1.29, 1.82) is 0 Å². The minimum atomic E-state index is -1.40. The summed E-state index contributed by atoms with van der Waals surface area (Å²) in [6.45, 7) is -1.12. The van der Waals surface area contributed by atoms with E-state index in [2.05, 4.69) is 29.3 Å². The molecule has 0 amide bonds. The molecule has 0 saturated carbocycles. The van der Waals surface area contributed by atoms with Crippen molar-refractivity contribution in [3.05, 3.63) is 89.5 Å². The first kappa shape index (κ1) is 38.7. The van der Waals surface area contributed by atoms with Crippen LogP contribution in [0.25, 0.3) is 0 Å². The van der Waals surface area contributed by atoms with Crippen LogP contribution in [0.2, 0.25) is 0 Å². The topological polar surface area (TPSA) is 213 Å². The average Bonchev–Trinajstić information content (AvgIpc) is 3.16. The maximum Gasteiger partial charge on any atom is 0.549 e. The molecule has 0 saturated heterocycles. The highest BCUT2D eigenvalue weighted by atomic mass is 17.2. The van der Waals surface area contributed by atoms with Crippen molar-refractivity contribution in [3.63, 3.8) is 0 Å². The number of hydrogen-bond acceptors (Lipinski definition) is 18. The van der Waals surface area contributed by atoms with Crippen LogP contribution < -0.4 is 14.2 Å². The van der Waals surface area contributed by atoms with E-state index < -0.39 is 48.9 Å². The number of methoxy groups -OCH3 is 3. The fraction of sp³-hybridized carbons (Fsp3) is 0.273. The van der Waals surface area contributed by atoms with E-state index in [1.165, 1.54) is 75.9 Å². The lowest BCUT2D eigenvalue weighted by Crippen LogP contribution is -2.21. The lowest BCUT2D eigenvalue weighted by atomic mass is 10.0. The van der Waals surface area contributed by atoms with Crippen molar-refractivity contribution in [2.75, 3.05) is 41.2 Å². The third kappa shape index (κ3) is 13.7. The van der Waals surface area contributed by atoms with E-state index in [0.29, 0.717) is 17.2 Å². The molecule has 0 heterocycles. The van der Waals surface area contributed by atoms with Gasteiger partial charge >= 0.3 is 36.4 Å². The van der Waals surface area contributed by atoms with Crippen LogP contribution in [-0.2, 0) is 43.5 Å². The molecule has 3 aromatic carbocycles. The largest absolute Gasteiger partial charge is 0.549 e. The molecule has 0 aliphatic rings. The number of ether oxygens (including phenoxy) is 6. The van der Waals surface area contributed by atoms with Crippen LogP contribution >= 0.6 is 0 Å². The highest BCUT2D eigenvalue weighted by Gasteiger charge is 2.20. The Kier molecular flexibility index (Phi) is 15.6. The highest BCUT2D eigenvalue weighted by molar-refractivity contribution is 5.90. The molecule has 0 unspecified atom stereocenters. The van der Waals surface area contributed by atoms with Crippen molar-refractivity contribution < 1.29 is 86.5 Å². The second-order valence-corrected chi connectivity index (χ2v) is 9.76. The molecule has 0 spiro atoms. The van der Waals surface area contributed by atoms with Gasteiger partial charge in [-0.25, -0.2) is 43.7 Å². The molecule has 18 heteroatoms. The van der Waals surface area contributed by atoms with Gasteiger partial charge < -0.3 is 28.4 Å². The maximum absolute atomic E-state index is 12.2. The molecule has 18 nitrogen and oxygen atoms in total. The lowest BCUT2D eigenvalue weighted by Gasteiger charge is -2.16. The summed E-state index contributed by atoms with van der Waals surface area (Å²) >= 11 is 0. The van der Waals surface area contributed by atoms with E-state index in [4.69, 9.17) is 28.4 Å². The zero-order valence-corrected chi connectivity index (χ0v) is 27.4. The Labute approximate surface area is 289 Å². The van der Waals surface area contributed by atoms with E-state index in [1.54, 1.807) is 18.2 Å². The molecule has 3 aromatic rings.